The van der Waals surface area contributed by atoms with Crippen molar-refractivity contribution in [2.45, 2.75) is 57.0 Å². The predicted octanol–water partition coefficient (Wildman–Crippen LogP) is 8.32. The molecule has 14 heteroatoms. The summed E-state index contributed by atoms with van der Waals surface area (Å²) < 4.78 is 6.22. The molecule has 4 heterocycles. The lowest BCUT2D eigenvalue weighted by Gasteiger charge is -2.35. The first kappa shape index (κ1) is 37.5. The number of aliphatic hydroxyl groups excluding tert-OH is 1. The van der Waals surface area contributed by atoms with E-state index >= 15 is 0 Å². The Morgan fingerprint density at radius 1 is 0.865 bits per heavy atom. The summed E-state index contributed by atoms with van der Waals surface area (Å²) in [6.07, 6.45) is 3.93. The lowest BCUT2D eigenvalue weighted by Crippen LogP contribution is -2.49. The first-order valence-electron chi connectivity index (χ1n) is 18.1. The van der Waals surface area contributed by atoms with Crippen molar-refractivity contribution >= 4 is 94.0 Å². The molecule has 0 aliphatic carbocycles. The Morgan fingerprint density at radius 3 is 2.25 bits per heavy atom. The molecule has 1 fully saturated rings. The van der Waals surface area contributed by atoms with Crippen molar-refractivity contribution in [2.75, 3.05) is 56.9 Å². The van der Waals surface area contributed by atoms with E-state index in [4.69, 9.17) is 21.6 Å². The largest absolute Gasteiger partial charge is 0.390 e. The van der Waals surface area contributed by atoms with Crippen LogP contribution in [0.25, 0.3) is 33.0 Å². The van der Waals surface area contributed by atoms with Crippen LogP contribution in [0.3, 0.4) is 0 Å². The third-order valence-electron chi connectivity index (χ3n) is 9.58. The number of hydrogen-bond acceptors (Lipinski definition) is 9. The van der Waals surface area contributed by atoms with Gasteiger partial charge in [0.15, 0.2) is 22.1 Å². The zero-order chi connectivity index (χ0) is 36.0. The van der Waals surface area contributed by atoms with E-state index in [0.717, 1.165) is 113 Å². The summed E-state index contributed by atoms with van der Waals surface area (Å²) in [4.78, 5) is 14.6. The second kappa shape index (κ2) is 17.6. The van der Waals surface area contributed by atoms with E-state index in [0.29, 0.717) is 30.2 Å². The predicted molar refractivity (Wildman–Crippen MR) is 221 cm³/mol. The Balaban J connectivity index is 0.858. The number of aliphatic hydroxyl groups is 1. The molecule has 6 aromatic rings. The van der Waals surface area contributed by atoms with Crippen molar-refractivity contribution in [3.63, 3.8) is 0 Å². The average molecular weight is 870 g/mol. The molecule has 1 aliphatic heterocycles. The monoisotopic (exact) mass is 867 g/mol. The van der Waals surface area contributed by atoms with Crippen molar-refractivity contribution < 1.29 is 5.11 Å². The lowest BCUT2D eigenvalue weighted by atomic mass is 10.2. The quantitative estimate of drug-likeness (QED) is 0.0566. The Bertz CT molecular complexity index is 2060. The smallest absolute Gasteiger partial charge is 0.191 e. The Morgan fingerprint density at radius 2 is 1.56 bits per heavy atom. The van der Waals surface area contributed by atoms with Crippen molar-refractivity contribution in [1.29, 1.82) is 0 Å². The van der Waals surface area contributed by atoms with Crippen LogP contribution in [0.2, 0.25) is 5.02 Å². The van der Waals surface area contributed by atoms with E-state index in [1.807, 2.05) is 28.9 Å². The molecule has 274 valence electrons. The third kappa shape index (κ3) is 9.11. The van der Waals surface area contributed by atoms with Crippen LogP contribution in [0, 0.1) is 0 Å². The number of unbranched alkanes of at least 4 members (excludes halogenated alkanes) is 2. The highest BCUT2D eigenvalue weighted by Crippen LogP contribution is 2.33. The van der Waals surface area contributed by atoms with Crippen LogP contribution in [0.5, 0.6) is 0 Å². The van der Waals surface area contributed by atoms with Gasteiger partial charge in [0.25, 0.3) is 0 Å². The van der Waals surface area contributed by atoms with Gasteiger partial charge in [-0.25, -0.2) is 14.6 Å². The minimum absolute atomic E-state index is 0.449. The number of halogens is 3. The number of aromatic nitrogens is 6. The molecule has 0 bridgehead atoms. The van der Waals surface area contributed by atoms with Crippen LogP contribution < -0.4 is 5.32 Å². The lowest BCUT2D eigenvalue weighted by molar-refractivity contribution is 0.0651. The van der Waals surface area contributed by atoms with Gasteiger partial charge in [-0.2, -0.15) is 0 Å². The maximum atomic E-state index is 11.2. The van der Waals surface area contributed by atoms with Gasteiger partial charge >= 0.3 is 0 Å². The molecule has 0 spiro atoms. The first-order valence-corrected chi connectivity index (χ1v) is 21.0. The minimum Gasteiger partial charge on any atom is -0.390 e. The molecule has 7 rings (SSSR count). The Hall–Kier alpha value is -2.78. The van der Waals surface area contributed by atoms with Crippen LogP contribution in [-0.4, -0.2) is 102 Å². The van der Waals surface area contributed by atoms with Gasteiger partial charge in [-0.15, -0.1) is 5.10 Å². The summed E-state index contributed by atoms with van der Waals surface area (Å²) in [6, 6.07) is 20.6. The number of nitrogens with one attached hydrogen (secondary N) is 1. The fourth-order valence-electron chi connectivity index (χ4n) is 6.94. The fraction of sp³-hybridized carbons (Fsp3) is 0.421. The SMILES string of the molecule is CCCSc1nc(NCCCCCN2CCN(CC(O)Cn3c4ccc(Br)cc4c4cc(Br)ccc43)CC2)c2nnn(Cc3ccc(Cl)cc3)c2n1. The van der Waals surface area contributed by atoms with Crippen LogP contribution >= 0.6 is 55.2 Å². The molecule has 52 heavy (non-hydrogen) atoms. The second-order valence-corrected chi connectivity index (χ2v) is 16.8. The van der Waals surface area contributed by atoms with Gasteiger partial charge in [0.1, 0.15) is 0 Å². The number of piperazine rings is 1. The summed E-state index contributed by atoms with van der Waals surface area (Å²) in [5.74, 6) is 1.71. The van der Waals surface area contributed by atoms with Crippen LogP contribution in [0.1, 0.15) is 38.2 Å². The number of rotatable bonds is 16. The van der Waals surface area contributed by atoms with E-state index < -0.39 is 6.10 Å². The highest BCUT2D eigenvalue weighted by molar-refractivity contribution is 9.10. The van der Waals surface area contributed by atoms with E-state index in [1.165, 1.54) is 10.8 Å². The summed E-state index contributed by atoms with van der Waals surface area (Å²) in [5, 5.41) is 27.5. The van der Waals surface area contributed by atoms with Crippen molar-refractivity contribution in [3.05, 3.63) is 80.2 Å². The molecule has 1 aliphatic rings. The van der Waals surface area contributed by atoms with Crippen molar-refractivity contribution in [2.24, 2.45) is 0 Å². The van der Waals surface area contributed by atoms with Gasteiger partial charge in [-0.05, 0) is 79.9 Å². The van der Waals surface area contributed by atoms with Crippen molar-refractivity contribution in [3.8, 4) is 0 Å². The first-order chi connectivity index (χ1) is 25.3. The number of fused-ring (bicyclic) bond motifs is 4. The molecule has 3 aromatic heterocycles. The highest BCUT2D eigenvalue weighted by atomic mass is 79.9. The molecule has 10 nitrogen and oxygen atoms in total. The maximum Gasteiger partial charge on any atom is 0.191 e. The summed E-state index contributed by atoms with van der Waals surface area (Å²) in [5.41, 5.74) is 4.83. The molecule has 2 N–H and O–H groups in total. The third-order valence-corrected chi connectivity index (χ3v) is 11.9. The van der Waals surface area contributed by atoms with Gasteiger partial charge in [0.2, 0.25) is 0 Å². The molecule has 1 saturated heterocycles. The minimum atomic E-state index is -0.449. The molecule has 0 amide bonds. The zero-order valence-corrected chi connectivity index (χ0v) is 34.1. The van der Waals surface area contributed by atoms with E-state index in [1.54, 1.807) is 11.8 Å². The van der Waals surface area contributed by atoms with E-state index in [2.05, 4.69) is 105 Å². The topological polar surface area (TPSA) is 100 Å². The average Bonchev–Trinajstić information content (AvgIpc) is 3.68. The number of hydrogen-bond donors (Lipinski definition) is 2. The van der Waals surface area contributed by atoms with Crippen LogP contribution in [0.4, 0.5) is 5.82 Å². The zero-order valence-electron chi connectivity index (χ0n) is 29.3. The number of β-amino-alcohol motifs (C(OH)–C–C–N with tert-alkyl or cyclic N) is 1. The van der Waals surface area contributed by atoms with Crippen LogP contribution in [0.15, 0.2) is 74.8 Å². The second-order valence-electron chi connectivity index (χ2n) is 13.5. The fourth-order valence-corrected chi connectivity index (χ4v) is 8.48. The van der Waals surface area contributed by atoms with Gasteiger partial charge in [0, 0.05) is 80.8 Å². The molecule has 0 saturated carbocycles. The Labute approximate surface area is 330 Å². The molecule has 0 radical (unpaired) electrons. The van der Waals surface area contributed by atoms with Gasteiger partial charge in [0.05, 0.1) is 19.2 Å². The summed E-state index contributed by atoms with van der Waals surface area (Å²) in [6.45, 7) is 9.91. The normalized spacial score (nSPS) is 14.9. The molecule has 1 unspecified atom stereocenters. The molecule has 1 atom stereocenters. The molecular formula is C38H44Br2ClN9OS. The van der Waals surface area contributed by atoms with Gasteiger partial charge in [-0.1, -0.05) is 85.9 Å². The number of benzene rings is 3. The standard InChI is InChI=1S/C38H44Br2ClN9OS/c1-2-20-52-38-43-36(35-37(44-38)50(46-45-35)23-26-6-10-29(41)11-7-26)42-14-4-3-5-15-47-16-18-48(19-17-47)24-30(51)25-49-33-12-8-27(39)21-31(33)32-22-28(40)9-13-34(32)49/h6-13,21-22,30,51H,2-5,14-20,23-25H2,1H3,(H,42,43,44). The highest BCUT2D eigenvalue weighted by Gasteiger charge is 2.21. The maximum absolute atomic E-state index is 11.2. The Kier molecular flexibility index (Phi) is 12.7. The van der Waals surface area contributed by atoms with E-state index in [-0.39, 0.29) is 0 Å². The number of nitrogens with zero attached hydrogens (tertiary/aromatic N) is 8. The van der Waals surface area contributed by atoms with Crippen molar-refractivity contribution in [1.82, 2.24) is 39.3 Å². The molecular weight excluding hydrogens is 826 g/mol. The van der Waals surface area contributed by atoms with E-state index in [9.17, 15) is 5.11 Å². The molecule has 3 aromatic carbocycles. The van der Waals surface area contributed by atoms with Gasteiger partial charge in [-0.3, -0.25) is 4.90 Å². The van der Waals surface area contributed by atoms with Crippen LogP contribution in [-0.2, 0) is 13.1 Å². The van der Waals surface area contributed by atoms with Gasteiger partial charge < -0.3 is 19.9 Å². The summed E-state index contributed by atoms with van der Waals surface area (Å²) in [7, 11) is 0. The number of thioether (sulfide) groups is 1. The number of anilines is 1. The summed E-state index contributed by atoms with van der Waals surface area (Å²) >= 11 is 15.0.